The zero-order valence-corrected chi connectivity index (χ0v) is 9.53. The van der Waals surface area contributed by atoms with Crippen LogP contribution in [0.15, 0.2) is 48.5 Å². The van der Waals surface area contributed by atoms with Gasteiger partial charge in [-0.1, -0.05) is 48.5 Å². The number of ketones is 1. The van der Waals surface area contributed by atoms with Crippen LogP contribution < -0.4 is 0 Å². The smallest absolute Gasteiger partial charge is 0.229 e. The van der Waals surface area contributed by atoms with Crippen molar-refractivity contribution >= 4 is 17.2 Å². The number of hydrogen-bond acceptors (Lipinski definition) is 3. The Morgan fingerprint density at radius 3 is 1.33 bits per heavy atom. The van der Waals surface area contributed by atoms with Crippen LogP contribution in [0.3, 0.4) is 0 Å². The van der Waals surface area contributed by atoms with Gasteiger partial charge in [-0.05, 0) is 11.1 Å². The van der Waals surface area contributed by atoms with E-state index in [0.29, 0.717) is 11.1 Å². The van der Waals surface area contributed by atoms with Gasteiger partial charge in [-0.3, -0.25) is 15.6 Å². The predicted octanol–water partition coefficient (Wildman–Crippen LogP) is 2.67. The second-order valence-electron chi connectivity index (χ2n) is 4.17. The molecule has 1 aliphatic carbocycles. The lowest BCUT2D eigenvalue weighted by atomic mass is 9.96. The van der Waals surface area contributed by atoms with Crippen LogP contribution in [0.2, 0.25) is 0 Å². The van der Waals surface area contributed by atoms with Crippen LogP contribution in [0, 0.1) is 10.8 Å². The highest BCUT2D eigenvalue weighted by Crippen LogP contribution is 2.30. The molecular weight excluding hydrogens is 224 g/mol. The van der Waals surface area contributed by atoms with E-state index in [4.69, 9.17) is 10.8 Å². The highest BCUT2D eigenvalue weighted by Gasteiger charge is 2.27. The molecule has 0 saturated heterocycles. The van der Waals surface area contributed by atoms with E-state index in [1.165, 1.54) is 0 Å². The Hall–Kier alpha value is -2.55. The minimum atomic E-state index is -0.521. The molecule has 0 spiro atoms. The van der Waals surface area contributed by atoms with E-state index in [1.54, 1.807) is 24.3 Å². The van der Waals surface area contributed by atoms with Crippen molar-refractivity contribution in [2.75, 3.05) is 0 Å². The number of hydrogen-bond donors (Lipinski definition) is 2. The molecule has 0 atom stereocenters. The Balaban J connectivity index is 2.44. The molecule has 86 valence electrons. The van der Waals surface area contributed by atoms with E-state index in [1.807, 2.05) is 24.3 Å². The standard InChI is InChI=1S/C15H10N2O/c16-13-11-7-3-1-5-9(11)10-6-2-4-8-12(10)14(17)15(13)18/h1-8,16-17H. The maximum Gasteiger partial charge on any atom is 0.229 e. The molecule has 0 amide bonds. The summed E-state index contributed by atoms with van der Waals surface area (Å²) in [4.78, 5) is 12.0. The second-order valence-corrected chi connectivity index (χ2v) is 4.17. The van der Waals surface area contributed by atoms with Crippen molar-refractivity contribution in [1.82, 2.24) is 0 Å². The number of fused-ring (bicyclic) bond motifs is 3. The molecule has 3 nitrogen and oxygen atoms in total. The Morgan fingerprint density at radius 2 is 0.944 bits per heavy atom. The molecule has 2 aromatic carbocycles. The van der Waals surface area contributed by atoms with Crippen LogP contribution in [0.1, 0.15) is 11.1 Å². The lowest BCUT2D eigenvalue weighted by Crippen LogP contribution is -2.22. The summed E-state index contributed by atoms with van der Waals surface area (Å²) in [6, 6.07) is 14.6. The van der Waals surface area contributed by atoms with Crippen LogP contribution in [0.25, 0.3) is 11.1 Å². The molecule has 0 bridgehead atoms. The van der Waals surface area contributed by atoms with E-state index < -0.39 is 5.78 Å². The maximum atomic E-state index is 12.0. The molecular formula is C15H10N2O. The van der Waals surface area contributed by atoms with E-state index in [-0.39, 0.29) is 11.4 Å². The van der Waals surface area contributed by atoms with Gasteiger partial charge in [0, 0.05) is 11.1 Å². The maximum absolute atomic E-state index is 12.0. The number of carbonyl (C=O) groups excluding carboxylic acids is 1. The van der Waals surface area contributed by atoms with Gasteiger partial charge >= 0.3 is 0 Å². The molecule has 18 heavy (non-hydrogen) atoms. The van der Waals surface area contributed by atoms with Crippen LogP contribution in [0.4, 0.5) is 0 Å². The zero-order valence-electron chi connectivity index (χ0n) is 9.53. The summed E-state index contributed by atoms with van der Waals surface area (Å²) < 4.78 is 0. The van der Waals surface area contributed by atoms with Crippen molar-refractivity contribution in [3.63, 3.8) is 0 Å². The Labute approximate surface area is 104 Å². The fraction of sp³-hybridized carbons (Fsp3) is 0. The van der Waals surface area contributed by atoms with E-state index in [9.17, 15) is 4.79 Å². The fourth-order valence-electron chi connectivity index (χ4n) is 2.24. The molecule has 3 heteroatoms. The van der Waals surface area contributed by atoms with Crippen LogP contribution in [-0.4, -0.2) is 17.2 Å². The highest BCUT2D eigenvalue weighted by molar-refractivity contribution is 6.72. The van der Waals surface area contributed by atoms with Crippen molar-refractivity contribution in [3.05, 3.63) is 59.7 Å². The van der Waals surface area contributed by atoms with Crippen molar-refractivity contribution < 1.29 is 4.79 Å². The monoisotopic (exact) mass is 234 g/mol. The Kier molecular flexibility index (Phi) is 2.20. The first-order chi connectivity index (χ1) is 8.70. The van der Waals surface area contributed by atoms with Crippen LogP contribution in [0.5, 0.6) is 0 Å². The molecule has 0 saturated carbocycles. The van der Waals surface area contributed by atoms with Gasteiger partial charge < -0.3 is 0 Å². The van der Waals surface area contributed by atoms with Crippen molar-refractivity contribution in [2.45, 2.75) is 0 Å². The van der Waals surface area contributed by atoms with Crippen molar-refractivity contribution in [1.29, 1.82) is 10.8 Å². The molecule has 2 aromatic rings. The highest BCUT2D eigenvalue weighted by atomic mass is 16.1. The van der Waals surface area contributed by atoms with Gasteiger partial charge in [-0.2, -0.15) is 0 Å². The summed E-state index contributed by atoms with van der Waals surface area (Å²) in [6.07, 6.45) is 0. The van der Waals surface area contributed by atoms with Gasteiger partial charge in [-0.15, -0.1) is 0 Å². The van der Waals surface area contributed by atoms with Crippen LogP contribution >= 0.6 is 0 Å². The Morgan fingerprint density at radius 1 is 0.611 bits per heavy atom. The van der Waals surface area contributed by atoms with Gasteiger partial charge in [0.05, 0.1) is 0 Å². The molecule has 0 heterocycles. The van der Waals surface area contributed by atoms with E-state index in [0.717, 1.165) is 11.1 Å². The summed E-state index contributed by atoms with van der Waals surface area (Å²) in [5, 5.41) is 15.9. The Bertz CT molecular complexity index is 642. The average molecular weight is 234 g/mol. The fourth-order valence-corrected chi connectivity index (χ4v) is 2.24. The minimum Gasteiger partial charge on any atom is -0.296 e. The van der Waals surface area contributed by atoms with Gasteiger partial charge in [0.2, 0.25) is 5.78 Å². The topological polar surface area (TPSA) is 64.8 Å². The number of carbonyl (C=O) groups is 1. The lowest BCUT2D eigenvalue weighted by molar-refractivity contribution is -0.107. The first kappa shape index (κ1) is 10.6. The average Bonchev–Trinajstić information content (AvgIpc) is 2.51. The van der Waals surface area contributed by atoms with Gasteiger partial charge in [0.15, 0.2) is 0 Å². The summed E-state index contributed by atoms with van der Waals surface area (Å²) in [5.74, 6) is -0.521. The molecule has 0 fully saturated rings. The van der Waals surface area contributed by atoms with Gasteiger partial charge in [0.1, 0.15) is 11.4 Å². The van der Waals surface area contributed by atoms with E-state index >= 15 is 0 Å². The molecule has 0 unspecified atom stereocenters. The number of benzene rings is 2. The SMILES string of the molecule is N=C1C(=O)C(=N)c2ccccc2-c2ccccc21. The molecule has 1 aliphatic rings. The summed E-state index contributed by atoms with van der Waals surface area (Å²) >= 11 is 0. The largest absolute Gasteiger partial charge is 0.296 e. The predicted molar refractivity (Wildman–Crippen MR) is 70.5 cm³/mol. The van der Waals surface area contributed by atoms with Crippen molar-refractivity contribution in [3.8, 4) is 11.1 Å². The molecule has 0 aromatic heterocycles. The quantitative estimate of drug-likeness (QED) is 0.723. The second kappa shape index (κ2) is 3.74. The van der Waals surface area contributed by atoms with E-state index in [2.05, 4.69) is 0 Å². The van der Waals surface area contributed by atoms with Gasteiger partial charge in [-0.25, -0.2) is 0 Å². The summed E-state index contributed by atoms with van der Waals surface area (Å²) in [7, 11) is 0. The van der Waals surface area contributed by atoms with Crippen LogP contribution in [-0.2, 0) is 4.79 Å². The molecule has 0 aliphatic heterocycles. The zero-order chi connectivity index (χ0) is 12.7. The number of Topliss-reactive ketones (excluding diaryl/α,β-unsaturated/α-hetero) is 1. The number of nitrogens with one attached hydrogen (secondary N) is 2. The lowest BCUT2D eigenvalue weighted by Gasteiger charge is -2.07. The molecule has 2 N–H and O–H groups in total. The molecule has 0 radical (unpaired) electrons. The first-order valence-electron chi connectivity index (χ1n) is 5.61. The minimum absolute atomic E-state index is 0.105. The third-order valence-electron chi connectivity index (χ3n) is 3.14. The number of rotatable bonds is 0. The van der Waals surface area contributed by atoms with Gasteiger partial charge in [0.25, 0.3) is 0 Å². The molecule has 3 rings (SSSR count). The summed E-state index contributed by atoms with van der Waals surface area (Å²) in [6.45, 7) is 0. The summed E-state index contributed by atoms with van der Waals surface area (Å²) in [5.41, 5.74) is 2.66. The third-order valence-corrected chi connectivity index (χ3v) is 3.14. The normalized spacial score (nSPS) is 13.9. The third kappa shape index (κ3) is 1.34. The first-order valence-corrected chi connectivity index (χ1v) is 5.61. The van der Waals surface area contributed by atoms with Crippen molar-refractivity contribution in [2.24, 2.45) is 0 Å².